The van der Waals surface area contributed by atoms with Gasteiger partial charge in [-0.1, -0.05) is 12.1 Å². The smallest absolute Gasteiger partial charge is 0.325 e. The van der Waals surface area contributed by atoms with Gasteiger partial charge in [0, 0.05) is 5.69 Å². The molecule has 2 aromatic carbocycles. The molecule has 0 bridgehead atoms. The summed E-state index contributed by atoms with van der Waals surface area (Å²) < 4.78 is 20.3. The van der Waals surface area contributed by atoms with Crippen LogP contribution < -0.4 is 24.8 Å². The first kappa shape index (κ1) is 22.5. The van der Waals surface area contributed by atoms with Crippen LogP contribution in [0.1, 0.15) is 15.9 Å². The molecule has 0 heterocycles. The van der Waals surface area contributed by atoms with Gasteiger partial charge in [0.2, 0.25) is 11.7 Å². The average Bonchev–Trinajstić information content (AvgIpc) is 2.77. The standard InChI is InChI=1S/C21H24N2O7/c1-27-16-10-9-15(19(29-3)20(16)30-4)21(26)23-14-7-5-13(6-8-14)11-17(24)22-12-18(25)28-2/h5-10H,11-12H2,1-4H3,(H,22,24)(H,23,26). The zero-order chi connectivity index (χ0) is 22.1. The fourth-order valence-electron chi connectivity index (χ4n) is 2.68. The number of esters is 1. The monoisotopic (exact) mass is 416 g/mol. The van der Waals surface area contributed by atoms with Crippen LogP contribution in [-0.2, 0) is 20.7 Å². The predicted octanol–water partition coefficient (Wildman–Crippen LogP) is 1.80. The zero-order valence-corrected chi connectivity index (χ0v) is 17.2. The van der Waals surface area contributed by atoms with Crippen LogP contribution in [0.2, 0.25) is 0 Å². The van der Waals surface area contributed by atoms with E-state index in [-0.39, 0.29) is 30.2 Å². The van der Waals surface area contributed by atoms with E-state index in [0.29, 0.717) is 17.2 Å². The number of carbonyl (C=O) groups is 3. The Hall–Kier alpha value is -3.75. The molecule has 30 heavy (non-hydrogen) atoms. The predicted molar refractivity (Wildman–Crippen MR) is 109 cm³/mol. The number of methoxy groups -OCH3 is 4. The van der Waals surface area contributed by atoms with Gasteiger partial charge in [-0.2, -0.15) is 0 Å². The van der Waals surface area contributed by atoms with Crippen LogP contribution in [-0.4, -0.2) is 52.8 Å². The first-order valence-electron chi connectivity index (χ1n) is 8.96. The second-order valence-electron chi connectivity index (χ2n) is 6.06. The summed E-state index contributed by atoms with van der Waals surface area (Å²) in [6.45, 7) is -0.184. The normalized spacial score (nSPS) is 10.0. The second kappa shape index (κ2) is 10.7. The quantitative estimate of drug-likeness (QED) is 0.600. The van der Waals surface area contributed by atoms with Crippen LogP contribution in [0.3, 0.4) is 0 Å². The molecule has 160 valence electrons. The van der Waals surface area contributed by atoms with E-state index < -0.39 is 11.9 Å². The van der Waals surface area contributed by atoms with Crippen LogP contribution >= 0.6 is 0 Å². The van der Waals surface area contributed by atoms with E-state index in [1.165, 1.54) is 28.4 Å². The molecule has 0 aliphatic rings. The summed E-state index contributed by atoms with van der Waals surface area (Å²) in [5, 5.41) is 5.24. The molecule has 0 fully saturated rings. The van der Waals surface area contributed by atoms with Gasteiger partial charge in [0.05, 0.1) is 40.4 Å². The molecule has 0 aliphatic carbocycles. The summed E-state index contributed by atoms with van der Waals surface area (Å²) in [5.41, 5.74) is 1.54. The first-order valence-corrected chi connectivity index (χ1v) is 8.96. The molecular weight excluding hydrogens is 392 g/mol. The molecule has 9 nitrogen and oxygen atoms in total. The van der Waals surface area contributed by atoms with E-state index >= 15 is 0 Å². The van der Waals surface area contributed by atoms with Crippen molar-refractivity contribution in [2.45, 2.75) is 6.42 Å². The SMILES string of the molecule is COC(=O)CNC(=O)Cc1ccc(NC(=O)c2ccc(OC)c(OC)c2OC)cc1. The minimum atomic E-state index is -0.521. The third-order valence-electron chi connectivity index (χ3n) is 4.18. The van der Waals surface area contributed by atoms with Crippen molar-refractivity contribution < 1.29 is 33.3 Å². The fourth-order valence-corrected chi connectivity index (χ4v) is 2.68. The zero-order valence-electron chi connectivity index (χ0n) is 17.2. The van der Waals surface area contributed by atoms with Gasteiger partial charge in [-0.25, -0.2) is 0 Å². The molecule has 0 unspecified atom stereocenters. The average molecular weight is 416 g/mol. The molecule has 2 N–H and O–H groups in total. The lowest BCUT2D eigenvalue weighted by Crippen LogP contribution is -2.31. The number of hydrogen-bond donors (Lipinski definition) is 2. The molecular formula is C21H24N2O7. The Balaban J connectivity index is 2.06. The minimum absolute atomic E-state index is 0.0920. The summed E-state index contributed by atoms with van der Waals surface area (Å²) in [7, 11) is 5.64. The molecule has 2 aromatic rings. The van der Waals surface area contributed by atoms with Gasteiger partial charge in [0.15, 0.2) is 11.5 Å². The number of amides is 2. The number of carbonyl (C=O) groups excluding carboxylic acids is 3. The Morgan fingerprint density at radius 1 is 0.833 bits per heavy atom. The summed E-state index contributed by atoms with van der Waals surface area (Å²) in [5.74, 6) is -0.203. The fraction of sp³-hybridized carbons (Fsp3) is 0.286. The van der Waals surface area contributed by atoms with Gasteiger partial charge in [0.25, 0.3) is 5.91 Å². The Morgan fingerprint density at radius 2 is 1.50 bits per heavy atom. The van der Waals surface area contributed by atoms with Crippen LogP contribution in [0, 0.1) is 0 Å². The highest BCUT2D eigenvalue weighted by atomic mass is 16.5. The first-order chi connectivity index (χ1) is 14.4. The Bertz CT molecular complexity index is 910. The van der Waals surface area contributed by atoms with E-state index in [1.807, 2.05) is 0 Å². The van der Waals surface area contributed by atoms with Crippen molar-refractivity contribution in [1.82, 2.24) is 5.32 Å². The van der Waals surface area contributed by atoms with Gasteiger partial charge >= 0.3 is 5.97 Å². The third kappa shape index (κ3) is 5.63. The number of anilines is 1. The minimum Gasteiger partial charge on any atom is -0.493 e. The van der Waals surface area contributed by atoms with Crippen LogP contribution in [0.15, 0.2) is 36.4 Å². The molecule has 0 atom stereocenters. The molecule has 9 heteroatoms. The van der Waals surface area contributed by atoms with E-state index in [1.54, 1.807) is 36.4 Å². The summed E-state index contributed by atoms with van der Waals surface area (Å²) in [4.78, 5) is 35.6. The third-order valence-corrected chi connectivity index (χ3v) is 4.18. The van der Waals surface area contributed by atoms with Gasteiger partial charge in [-0.05, 0) is 29.8 Å². The molecule has 0 aromatic heterocycles. The maximum Gasteiger partial charge on any atom is 0.325 e. The molecule has 0 saturated carbocycles. The van der Waals surface area contributed by atoms with Crippen molar-refractivity contribution in [2.24, 2.45) is 0 Å². The van der Waals surface area contributed by atoms with Crippen LogP contribution in [0.5, 0.6) is 17.2 Å². The maximum absolute atomic E-state index is 12.7. The second-order valence-corrected chi connectivity index (χ2v) is 6.06. The molecule has 0 aliphatic heterocycles. The van der Waals surface area contributed by atoms with Crippen molar-refractivity contribution in [1.29, 1.82) is 0 Å². The van der Waals surface area contributed by atoms with Gasteiger partial charge < -0.3 is 29.6 Å². The highest BCUT2D eigenvalue weighted by Crippen LogP contribution is 2.39. The Morgan fingerprint density at radius 3 is 2.07 bits per heavy atom. The van der Waals surface area contributed by atoms with Crippen LogP contribution in [0.25, 0.3) is 0 Å². The lowest BCUT2D eigenvalue weighted by molar-refractivity contribution is -0.141. The summed E-state index contributed by atoms with van der Waals surface area (Å²) in [6.07, 6.45) is 0.0920. The van der Waals surface area contributed by atoms with Gasteiger partial charge in [-0.15, -0.1) is 0 Å². The number of nitrogens with one attached hydrogen (secondary N) is 2. The molecule has 2 rings (SSSR count). The lowest BCUT2D eigenvalue weighted by Gasteiger charge is -2.15. The van der Waals surface area contributed by atoms with Crippen molar-refractivity contribution >= 4 is 23.5 Å². The van der Waals surface area contributed by atoms with Gasteiger partial charge in [0.1, 0.15) is 6.54 Å². The van der Waals surface area contributed by atoms with Crippen molar-refractivity contribution in [3.05, 3.63) is 47.5 Å². The van der Waals surface area contributed by atoms with E-state index in [4.69, 9.17) is 14.2 Å². The number of ether oxygens (including phenoxy) is 4. The van der Waals surface area contributed by atoms with E-state index in [0.717, 1.165) is 5.56 Å². The maximum atomic E-state index is 12.7. The molecule has 0 spiro atoms. The largest absolute Gasteiger partial charge is 0.493 e. The summed E-state index contributed by atoms with van der Waals surface area (Å²) >= 11 is 0. The topological polar surface area (TPSA) is 112 Å². The molecule has 0 radical (unpaired) electrons. The summed E-state index contributed by atoms with van der Waals surface area (Å²) in [6, 6.07) is 9.96. The highest BCUT2D eigenvalue weighted by Gasteiger charge is 2.20. The van der Waals surface area contributed by atoms with E-state index in [9.17, 15) is 14.4 Å². The van der Waals surface area contributed by atoms with E-state index in [2.05, 4.69) is 15.4 Å². The van der Waals surface area contributed by atoms with Crippen molar-refractivity contribution in [3.63, 3.8) is 0 Å². The Kier molecular flexibility index (Phi) is 8.04. The lowest BCUT2D eigenvalue weighted by atomic mass is 10.1. The molecule has 2 amide bonds. The van der Waals surface area contributed by atoms with Crippen molar-refractivity contribution in [2.75, 3.05) is 40.3 Å². The highest BCUT2D eigenvalue weighted by molar-refractivity contribution is 6.07. The van der Waals surface area contributed by atoms with Crippen molar-refractivity contribution in [3.8, 4) is 17.2 Å². The Labute approximate surface area is 174 Å². The number of rotatable bonds is 9. The molecule has 0 saturated heterocycles. The van der Waals surface area contributed by atoms with Gasteiger partial charge in [-0.3, -0.25) is 14.4 Å². The number of hydrogen-bond acceptors (Lipinski definition) is 7. The van der Waals surface area contributed by atoms with Crippen LogP contribution in [0.4, 0.5) is 5.69 Å². The number of benzene rings is 2.